The van der Waals surface area contributed by atoms with E-state index in [1.54, 1.807) is 6.07 Å². The zero-order valence-electron chi connectivity index (χ0n) is 23.0. The Balaban J connectivity index is 1.21. The largest absolute Gasteiger partial charge is 0.365 e. The van der Waals surface area contributed by atoms with Crippen molar-refractivity contribution >= 4 is 29.0 Å². The molecule has 1 amide bonds. The predicted molar refractivity (Wildman–Crippen MR) is 146 cm³/mol. The van der Waals surface area contributed by atoms with Gasteiger partial charge in [-0.3, -0.25) is 9.69 Å². The monoisotopic (exact) mass is 540 g/mol. The first-order valence-electron chi connectivity index (χ1n) is 14.1. The van der Waals surface area contributed by atoms with Crippen molar-refractivity contribution in [1.29, 1.82) is 0 Å². The number of carbonyl (C=O) groups is 1. The van der Waals surface area contributed by atoms with Gasteiger partial charge in [0.2, 0.25) is 5.95 Å². The summed E-state index contributed by atoms with van der Waals surface area (Å²) in [6, 6.07) is 3.29. The van der Waals surface area contributed by atoms with E-state index in [2.05, 4.69) is 50.3 Å². The van der Waals surface area contributed by atoms with E-state index >= 15 is 4.39 Å². The lowest BCUT2D eigenvalue weighted by Crippen LogP contribution is -2.50. The van der Waals surface area contributed by atoms with Crippen molar-refractivity contribution in [3.05, 3.63) is 35.5 Å². The maximum atomic E-state index is 15.3. The second kappa shape index (κ2) is 9.94. The number of piperidine rings is 1. The number of carbonyl (C=O) groups excluding carboxylic acids is 1. The highest BCUT2D eigenvalue weighted by Crippen LogP contribution is 2.46. The van der Waals surface area contributed by atoms with E-state index in [4.69, 9.17) is 0 Å². The van der Waals surface area contributed by atoms with Crippen molar-refractivity contribution in [2.24, 2.45) is 5.92 Å². The number of aromatic nitrogens is 2. The molecule has 2 aromatic rings. The molecule has 3 saturated heterocycles. The number of hydrogen-bond donors (Lipinski definition) is 4. The van der Waals surface area contributed by atoms with Crippen LogP contribution in [0.15, 0.2) is 18.3 Å². The van der Waals surface area contributed by atoms with Crippen LogP contribution in [0.2, 0.25) is 0 Å². The minimum atomic E-state index is -0.544. The molecular formula is C28H38F2N8O. The molecule has 4 heterocycles. The van der Waals surface area contributed by atoms with Gasteiger partial charge in [0.15, 0.2) is 11.6 Å². The van der Waals surface area contributed by atoms with E-state index in [1.165, 1.54) is 17.5 Å². The third kappa shape index (κ3) is 5.07. The molecule has 0 radical (unpaired) electrons. The van der Waals surface area contributed by atoms with E-state index in [9.17, 15) is 9.18 Å². The van der Waals surface area contributed by atoms with E-state index in [0.29, 0.717) is 11.7 Å². The van der Waals surface area contributed by atoms with Gasteiger partial charge in [0.05, 0.1) is 17.6 Å². The summed E-state index contributed by atoms with van der Waals surface area (Å²) in [4.78, 5) is 24.1. The smallest absolute Gasteiger partial charge is 0.261 e. The molecule has 6 rings (SSSR count). The van der Waals surface area contributed by atoms with Crippen LogP contribution in [0.5, 0.6) is 0 Å². The lowest BCUT2D eigenvalue weighted by molar-refractivity contribution is -0.119. The van der Waals surface area contributed by atoms with Crippen LogP contribution in [0.3, 0.4) is 0 Å². The molecule has 210 valence electrons. The normalized spacial score (nSPS) is 26.8. The summed E-state index contributed by atoms with van der Waals surface area (Å²) in [7, 11) is 0. The van der Waals surface area contributed by atoms with Crippen molar-refractivity contribution in [3.8, 4) is 0 Å². The average molecular weight is 541 g/mol. The Kier molecular flexibility index (Phi) is 6.71. The molecule has 4 aliphatic rings. The highest BCUT2D eigenvalue weighted by Gasteiger charge is 2.43. The van der Waals surface area contributed by atoms with Crippen LogP contribution in [0.4, 0.5) is 31.9 Å². The number of anilines is 4. The summed E-state index contributed by atoms with van der Waals surface area (Å²) in [5.74, 6) is -0.642. The van der Waals surface area contributed by atoms with Crippen LogP contribution in [0.1, 0.15) is 77.7 Å². The van der Waals surface area contributed by atoms with Gasteiger partial charge in [-0.2, -0.15) is 10.5 Å². The first kappa shape index (κ1) is 26.3. The number of nitrogens with zero attached hydrogens (tertiary/aromatic N) is 4. The minimum Gasteiger partial charge on any atom is -0.365 e. The summed E-state index contributed by atoms with van der Waals surface area (Å²) in [6.45, 7) is 9.48. The molecular weight excluding hydrogens is 502 g/mol. The van der Waals surface area contributed by atoms with Crippen molar-refractivity contribution in [1.82, 2.24) is 25.8 Å². The molecule has 1 aromatic heterocycles. The third-order valence-electron chi connectivity index (χ3n) is 8.77. The molecule has 9 nitrogen and oxygen atoms in total. The van der Waals surface area contributed by atoms with Gasteiger partial charge in [0, 0.05) is 24.2 Å². The van der Waals surface area contributed by atoms with Crippen LogP contribution in [-0.4, -0.2) is 51.0 Å². The van der Waals surface area contributed by atoms with Crippen molar-refractivity contribution < 1.29 is 13.6 Å². The van der Waals surface area contributed by atoms with Crippen molar-refractivity contribution in [2.75, 3.05) is 22.2 Å². The van der Waals surface area contributed by atoms with Gasteiger partial charge in [-0.25, -0.2) is 24.2 Å². The van der Waals surface area contributed by atoms with Crippen LogP contribution >= 0.6 is 0 Å². The Morgan fingerprint density at radius 2 is 1.92 bits per heavy atom. The zero-order chi connectivity index (χ0) is 27.5. The van der Waals surface area contributed by atoms with Crippen LogP contribution in [0, 0.1) is 17.6 Å². The highest BCUT2D eigenvalue weighted by molar-refractivity contribution is 5.99. The Hall–Kier alpha value is -2.89. The lowest BCUT2D eigenvalue weighted by atomic mass is 9.97. The number of hydrogen-bond acceptors (Lipinski definition) is 8. The SMILES string of the molecule is CC(C)C1NNN(c2cc(Nc3ncc(F)c(N[C@H]4CCN5C(CCC5(C)C)C4)n3)c(F)cc2C2CC2)C1=O. The Labute approximate surface area is 228 Å². The molecule has 1 aromatic carbocycles. The lowest BCUT2D eigenvalue weighted by Gasteiger charge is -2.42. The maximum absolute atomic E-state index is 15.3. The van der Waals surface area contributed by atoms with E-state index in [-0.39, 0.29) is 52.8 Å². The van der Waals surface area contributed by atoms with Crippen LogP contribution in [0.25, 0.3) is 0 Å². The Bertz CT molecular complexity index is 1270. The molecule has 2 unspecified atom stereocenters. The number of amides is 1. The van der Waals surface area contributed by atoms with E-state index in [0.717, 1.165) is 50.4 Å². The van der Waals surface area contributed by atoms with Crippen LogP contribution in [-0.2, 0) is 4.79 Å². The first-order valence-corrected chi connectivity index (χ1v) is 14.1. The number of hydrazine groups is 2. The molecule has 11 heteroatoms. The molecule has 0 spiro atoms. The second-order valence-corrected chi connectivity index (χ2v) is 12.4. The fourth-order valence-corrected chi connectivity index (χ4v) is 6.37. The van der Waals surface area contributed by atoms with Gasteiger partial charge in [0.1, 0.15) is 11.9 Å². The number of nitrogens with one attached hydrogen (secondary N) is 4. The quantitative estimate of drug-likeness (QED) is 0.406. The number of rotatable bonds is 7. The van der Waals surface area contributed by atoms with Gasteiger partial charge >= 0.3 is 0 Å². The van der Waals surface area contributed by atoms with Gasteiger partial charge in [-0.15, -0.1) is 0 Å². The summed E-state index contributed by atoms with van der Waals surface area (Å²) in [5.41, 5.74) is 7.70. The number of halogens is 2. The first-order chi connectivity index (χ1) is 18.6. The summed E-state index contributed by atoms with van der Waals surface area (Å²) in [6.07, 6.45) is 7.15. The highest BCUT2D eigenvalue weighted by atomic mass is 19.1. The van der Waals surface area contributed by atoms with E-state index < -0.39 is 11.6 Å². The molecule has 3 aliphatic heterocycles. The zero-order valence-corrected chi connectivity index (χ0v) is 23.0. The molecule has 3 atom stereocenters. The molecule has 4 fully saturated rings. The molecule has 1 aliphatic carbocycles. The molecule has 0 bridgehead atoms. The topological polar surface area (TPSA) is 97.4 Å². The van der Waals surface area contributed by atoms with Gasteiger partial charge in [0.25, 0.3) is 5.91 Å². The van der Waals surface area contributed by atoms with E-state index in [1.807, 2.05) is 13.8 Å². The minimum absolute atomic E-state index is 0.0845. The van der Waals surface area contributed by atoms with Crippen LogP contribution < -0.4 is 26.6 Å². The molecule has 4 N–H and O–H groups in total. The standard InChI is InChI=1S/C28H38F2N8O/c1-15(2)24-26(39)38(36-35-24)23-13-22(20(29)12-19(23)16-5-6-16)33-27-31-14-21(30)25(34-27)32-17-8-10-37-18(11-17)7-9-28(37,3)4/h12-18,24,35-36H,5-11H2,1-4H3,(H2,31,32,33,34)/t17-,18?,24?/m0/s1. The van der Waals surface area contributed by atoms with Crippen molar-refractivity contribution in [3.63, 3.8) is 0 Å². The fourth-order valence-electron chi connectivity index (χ4n) is 6.37. The third-order valence-corrected chi connectivity index (χ3v) is 8.77. The van der Waals surface area contributed by atoms with Gasteiger partial charge in [-0.1, -0.05) is 13.8 Å². The summed E-state index contributed by atoms with van der Waals surface area (Å²) >= 11 is 0. The van der Waals surface area contributed by atoms with Gasteiger partial charge in [-0.05, 0) is 81.9 Å². The average Bonchev–Trinajstić information content (AvgIpc) is 3.60. The Morgan fingerprint density at radius 3 is 2.64 bits per heavy atom. The second-order valence-electron chi connectivity index (χ2n) is 12.4. The van der Waals surface area contributed by atoms with Crippen molar-refractivity contribution in [2.45, 2.75) is 95.8 Å². The number of fused-ring (bicyclic) bond motifs is 1. The number of benzene rings is 1. The summed E-state index contributed by atoms with van der Waals surface area (Å²) in [5, 5.41) is 7.66. The fraction of sp³-hybridized carbons (Fsp3) is 0.607. The maximum Gasteiger partial charge on any atom is 0.261 e. The Morgan fingerprint density at radius 1 is 1.13 bits per heavy atom. The van der Waals surface area contributed by atoms with Gasteiger partial charge < -0.3 is 10.6 Å². The summed E-state index contributed by atoms with van der Waals surface area (Å²) < 4.78 is 30.0. The predicted octanol–water partition coefficient (Wildman–Crippen LogP) is 4.57. The molecule has 1 saturated carbocycles. The molecule has 39 heavy (non-hydrogen) atoms.